The molecule has 2 nitrogen and oxygen atoms in total. The number of nitrogens with zero attached hydrogens (tertiary/aromatic N) is 2. The van der Waals surface area contributed by atoms with Crippen LogP contribution >= 0.6 is 0 Å². The topological polar surface area (TPSA) is 47.6 Å². The Labute approximate surface area is 143 Å². The summed E-state index contributed by atoms with van der Waals surface area (Å²) in [4.78, 5) is 0. The second kappa shape index (κ2) is 32.5. The van der Waals surface area contributed by atoms with Crippen LogP contribution in [0.2, 0.25) is 0 Å². The maximum atomic E-state index is 7.26. The first kappa shape index (κ1) is 30.6. The SMILES string of the molecule is N#CC#N.[H-].[H-].[H-].[H-].[Na+].[Na+].[Na+].[Na+]. The molecule has 0 heterocycles. The minimum atomic E-state index is 0. The van der Waals surface area contributed by atoms with Crippen molar-refractivity contribution in [1.29, 1.82) is 10.5 Å². The monoisotopic (exact) mass is 148 g/mol. The van der Waals surface area contributed by atoms with Gasteiger partial charge in [0.15, 0.2) is 12.1 Å². The molecule has 0 atom stereocenters. The molecule has 0 N–H and O–H groups in total. The standard InChI is InChI=1S/C2N2.4Na.4H/c3-1-2-4;;;;;;;;/q;4*+1;4*-1. The molecule has 0 rings (SSSR count). The van der Waals surface area contributed by atoms with Crippen molar-refractivity contribution in [1.82, 2.24) is 0 Å². The van der Waals surface area contributed by atoms with Crippen LogP contribution in [-0.2, 0) is 0 Å². The van der Waals surface area contributed by atoms with E-state index in [9.17, 15) is 0 Å². The molecule has 0 aliphatic carbocycles. The molecular weight excluding hydrogens is 144 g/mol. The summed E-state index contributed by atoms with van der Waals surface area (Å²) in [6.07, 6.45) is 0. The zero-order valence-electron chi connectivity index (χ0n) is 9.89. The Bertz CT molecular complexity index is 78.0. The zero-order chi connectivity index (χ0) is 3.41. The molecule has 0 aromatic heterocycles. The van der Waals surface area contributed by atoms with Crippen LogP contribution in [0.4, 0.5) is 0 Å². The Kier molecular flexibility index (Phi) is 124. The quantitative estimate of drug-likeness (QED) is 0.320. The van der Waals surface area contributed by atoms with Gasteiger partial charge in [0.05, 0.1) is 0 Å². The third kappa shape index (κ3) is 36.1. The fourth-order valence-corrected chi connectivity index (χ4v) is 0. The first-order valence-corrected chi connectivity index (χ1v) is 0.697. The first-order chi connectivity index (χ1) is 1.91. The molecule has 0 aliphatic rings. The van der Waals surface area contributed by atoms with E-state index in [1.807, 2.05) is 0 Å². The summed E-state index contributed by atoms with van der Waals surface area (Å²) in [5, 5.41) is 14.5. The van der Waals surface area contributed by atoms with E-state index in [1.54, 1.807) is 0 Å². The smallest absolute Gasteiger partial charge is 1.00 e. The first-order valence-electron chi connectivity index (χ1n) is 0.697. The van der Waals surface area contributed by atoms with Gasteiger partial charge in [-0.2, -0.15) is 10.5 Å². The van der Waals surface area contributed by atoms with Gasteiger partial charge in [-0.15, -0.1) is 0 Å². The molecule has 0 bridgehead atoms. The van der Waals surface area contributed by atoms with Crippen LogP contribution in [0, 0.1) is 22.7 Å². The summed E-state index contributed by atoms with van der Waals surface area (Å²) in [5.74, 6) is 0. The van der Waals surface area contributed by atoms with Gasteiger partial charge in [-0.1, -0.05) is 0 Å². The second-order valence-electron chi connectivity index (χ2n) is 0.224. The van der Waals surface area contributed by atoms with Gasteiger partial charge in [0.1, 0.15) is 0 Å². The van der Waals surface area contributed by atoms with Crippen molar-refractivity contribution >= 4 is 0 Å². The Balaban J connectivity index is -0.00000000161. The molecule has 0 fully saturated rings. The summed E-state index contributed by atoms with van der Waals surface area (Å²) in [7, 11) is 0. The van der Waals surface area contributed by atoms with Gasteiger partial charge in [-0.05, 0) is 0 Å². The Morgan fingerprint density at radius 3 is 0.875 bits per heavy atom. The second-order valence-corrected chi connectivity index (χ2v) is 0.224. The molecule has 0 saturated heterocycles. The zero-order valence-corrected chi connectivity index (χ0v) is 13.9. The van der Waals surface area contributed by atoms with Crippen molar-refractivity contribution in [2.75, 3.05) is 0 Å². The van der Waals surface area contributed by atoms with Crippen molar-refractivity contribution in [3.63, 3.8) is 0 Å². The van der Waals surface area contributed by atoms with E-state index >= 15 is 0 Å². The van der Waals surface area contributed by atoms with E-state index in [2.05, 4.69) is 0 Å². The summed E-state index contributed by atoms with van der Waals surface area (Å²) < 4.78 is 0. The summed E-state index contributed by atoms with van der Waals surface area (Å²) in [5.41, 5.74) is 0. The van der Waals surface area contributed by atoms with E-state index in [0.717, 1.165) is 0 Å². The van der Waals surface area contributed by atoms with Gasteiger partial charge in [-0.3, -0.25) is 0 Å². The summed E-state index contributed by atoms with van der Waals surface area (Å²) in [6.45, 7) is 0. The molecule has 0 aliphatic heterocycles. The predicted octanol–water partition coefficient (Wildman–Crippen LogP) is -11.5. The maximum Gasteiger partial charge on any atom is 1.00 e. The van der Waals surface area contributed by atoms with Crippen LogP contribution in [0.1, 0.15) is 5.71 Å². The van der Waals surface area contributed by atoms with Crippen molar-refractivity contribution in [2.45, 2.75) is 0 Å². The largest absolute Gasteiger partial charge is 1.00 e. The van der Waals surface area contributed by atoms with Crippen LogP contribution in [0.25, 0.3) is 0 Å². The van der Waals surface area contributed by atoms with Crippen molar-refractivity contribution in [3.8, 4) is 12.1 Å². The molecule has 6 heteroatoms. The Morgan fingerprint density at radius 2 is 0.875 bits per heavy atom. The summed E-state index contributed by atoms with van der Waals surface area (Å²) >= 11 is 0. The van der Waals surface area contributed by atoms with Crippen molar-refractivity contribution in [2.24, 2.45) is 0 Å². The molecule has 0 unspecified atom stereocenters. The average molecular weight is 148 g/mol. The van der Waals surface area contributed by atoms with Crippen LogP contribution in [0.3, 0.4) is 0 Å². The molecule has 0 aromatic rings. The van der Waals surface area contributed by atoms with Crippen molar-refractivity contribution in [3.05, 3.63) is 0 Å². The fourth-order valence-electron chi connectivity index (χ4n) is 0. The number of hydrogen-bond acceptors (Lipinski definition) is 2. The third-order valence-corrected chi connectivity index (χ3v) is 0.0500. The molecule has 0 spiro atoms. The van der Waals surface area contributed by atoms with E-state index in [0.29, 0.717) is 0 Å². The Morgan fingerprint density at radius 1 is 0.750 bits per heavy atom. The van der Waals surface area contributed by atoms with Gasteiger partial charge in [0, 0.05) is 0 Å². The number of hydrogen-bond donors (Lipinski definition) is 0. The Hall–Kier alpha value is 2.98. The average Bonchev–Trinajstić information content (AvgIpc) is 1.37. The van der Waals surface area contributed by atoms with Crippen LogP contribution < -0.4 is 118 Å². The van der Waals surface area contributed by atoms with Gasteiger partial charge >= 0.3 is 118 Å². The maximum absolute atomic E-state index is 7.26. The van der Waals surface area contributed by atoms with Gasteiger partial charge in [-0.25, -0.2) is 0 Å². The van der Waals surface area contributed by atoms with E-state index in [-0.39, 0.29) is 124 Å². The molecule has 0 radical (unpaired) electrons. The van der Waals surface area contributed by atoms with E-state index in [4.69, 9.17) is 10.5 Å². The molecule has 0 saturated carbocycles. The fraction of sp³-hybridized carbons (Fsp3) is 0. The summed E-state index contributed by atoms with van der Waals surface area (Å²) in [6, 6.07) is 2.47. The molecule has 26 valence electrons. The van der Waals surface area contributed by atoms with Crippen LogP contribution in [0.15, 0.2) is 0 Å². The van der Waals surface area contributed by atoms with Crippen molar-refractivity contribution < 1.29 is 124 Å². The molecule has 8 heavy (non-hydrogen) atoms. The minimum Gasteiger partial charge on any atom is -1.00 e. The van der Waals surface area contributed by atoms with Crippen LogP contribution in [-0.4, -0.2) is 0 Å². The van der Waals surface area contributed by atoms with E-state index < -0.39 is 0 Å². The number of rotatable bonds is 0. The van der Waals surface area contributed by atoms with Gasteiger partial charge in [0.2, 0.25) is 0 Å². The predicted molar refractivity (Wildman–Crippen MR) is 15.7 cm³/mol. The molecular formula is C2H4N2Na4. The minimum absolute atomic E-state index is 0. The molecule has 0 aromatic carbocycles. The normalized spacial score (nSPS) is 1.25. The van der Waals surface area contributed by atoms with E-state index in [1.165, 1.54) is 12.1 Å². The van der Waals surface area contributed by atoms with Gasteiger partial charge in [0.25, 0.3) is 0 Å². The van der Waals surface area contributed by atoms with Gasteiger partial charge < -0.3 is 5.71 Å². The third-order valence-electron chi connectivity index (χ3n) is 0.0500. The molecule has 0 amide bonds. The van der Waals surface area contributed by atoms with Crippen LogP contribution in [0.5, 0.6) is 0 Å². The number of nitriles is 2.